The Morgan fingerprint density at radius 2 is 2.56 bits per heavy atom. The van der Waals surface area contributed by atoms with Crippen molar-refractivity contribution < 1.29 is 9.63 Å². The molecule has 0 spiro atoms. The molecule has 0 saturated carbocycles. The van der Waals surface area contributed by atoms with Gasteiger partial charge in [0.1, 0.15) is 5.76 Å². The van der Waals surface area contributed by atoms with E-state index in [0.717, 1.165) is 4.74 Å². The van der Waals surface area contributed by atoms with Gasteiger partial charge in [-0.2, -0.15) is 0 Å². The third-order valence-corrected chi connectivity index (χ3v) is 0.955. The molecule has 0 saturated heterocycles. The number of aromatic nitrogens is 1. The minimum Gasteiger partial charge on any atom is -0.379 e. The van der Waals surface area contributed by atoms with Crippen molar-refractivity contribution in [2.45, 2.75) is 13.7 Å². The summed E-state index contributed by atoms with van der Waals surface area (Å²) in [5.41, 5.74) is -0.310. The molecule has 1 aromatic heterocycles. The average molecular weight is 129 g/mol. The van der Waals surface area contributed by atoms with Gasteiger partial charge in [-0.15, -0.1) is 4.74 Å². The summed E-state index contributed by atoms with van der Waals surface area (Å²) in [7, 11) is 0. The van der Waals surface area contributed by atoms with Gasteiger partial charge in [0, 0.05) is 6.07 Å². The zero-order valence-corrected chi connectivity index (χ0v) is 5.00. The molecule has 0 aliphatic heterocycles. The number of aliphatic hydroxyl groups is 1. The molecule has 0 aromatic carbocycles. The fourth-order valence-electron chi connectivity index (χ4n) is 0.590. The molecule has 0 unspecified atom stereocenters. The maximum absolute atomic E-state index is 10.6. The summed E-state index contributed by atoms with van der Waals surface area (Å²) in [6.07, 6.45) is 0. The van der Waals surface area contributed by atoms with Crippen LogP contribution in [0.15, 0.2) is 15.4 Å². The second-order valence-corrected chi connectivity index (χ2v) is 1.70. The van der Waals surface area contributed by atoms with E-state index in [1.165, 1.54) is 6.07 Å². The van der Waals surface area contributed by atoms with Crippen LogP contribution in [0.4, 0.5) is 0 Å². The van der Waals surface area contributed by atoms with Crippen LogP contribution in [0.2, 0.25) is 0 Å². The zero-order chi connectivity index (χ0) is 6.85. The number of hydrogen-bond acceptors (Lipinski definition) is 3. The standard InChI is InChI=1S/C5H7NO3/c1-4-2-5(8)6(3-7)9-4/h2,7H,3H2,1H3. The number of aryl methyl sites for hydroxylation is 1. The Bertz CT molecular complexity index is 247. The molecule has 0 aliphatic carbocycles. The van der Waals surface area contributed by atoms with E-state index < -0.39 is 6.73 Å². The van der Waals surface area contributed by atoms with Gasteiger partial charge in [0.2, 0.25) is 0 Å². The molecule has 9 heavy (non-hydrogen) atoms. The summed E-state index contributed by atoms with van der Waals surface area (Å²) in [5.74, 6) is 0.508. The lowest BCUT2D eigenvalue weighted by atomic mass is 10.5. The molecule has 0 radical (unpaired) electrons. The Hall–Kier alpha value is -1.03. The quantitative estimate of drug-likeness (QED) is 0.566. The van der Waals surface area contributed by atoms with E-state index in [0.29, 0.717) is 5.76 Å². The van der Waals surface area contributed by atoms with Crippen LogP contribution >= 0.6 is 0 Å². The molecule has 1 rings (SSSR count). The first-order chi connectivity index (χ1) is 4.24. The number of rotatable bonds is 1. The van der Waals surface area contributed by atoms with E-state index in [1.807, 2.05) is 0 Å². The van der Waals surface area contributed by atoms with Gasteiger partial charge in [0.05, 0.1) is 0 Å². The van der Waals surface area contributed by atoms with E-state index in [4.69, 9.17) is 9.63 Å². The molecule has 0 fully saturated rings. The smallest absolute Gasteiger partial charge is 0.284 e. The van der Waals surface area contributed by atoms with Crippen LogP contribution in [0.3, 0.4) is 0 Å². The lowest BCUT2D eigenvalue weighted by Gasteiger charge is -1.88. The largest absolute Gasteiger partial charge is 0.379 e. The predicted molar refractivity (Wildman–Crippen MR) is 29.9 cm³/mol. The Labute approximate surface area is 51.3 Å². The molecule has 0 aliphatic rings. The molecule has 4 nitrogen and oxygen atoms in total. The van der Waals surface area contributed by atoms with Crippen molar-refractivity contribution in [2.24, 2.45) is 0 Å². The predicted octanol–water partition coefficient (Wildman–Crippen LogP) is -0.300. The molecule has 1 aromatic rings. The Balaban J connectivity index is 3.16. The molecule has 1 N–H and O–H groups in total. The van der Waals surface area contributed by atoms with Crippen molar-refractivity contribution >= 4 is 0 Å². The van der Waals surface area contributed by atoms with E-state index in [9.17, 15) is 4.79 Å². The second kappa shape index (κ2) is 2.06. The van der Waals surface area contributed by atoms with Crippen LogP contribution in [0.1, 0.15) is 5.76 Å². The number of aliphatic hydroxyl groups excluding tert-OH is 1. The van der Waals surface area contributed by atoms with Crippen LogP contribution in [0.5, 0.6) is 0 Å². The summed E-state index contributed by atoms with van der Waals surface area (Å²) in [5, 5.41) is 8.40. The van der Waals surface area contributed by atoms with Gasteiger partial charge in [-0.25, -0.2) is 0 Å². The first kappa shape index (κ1) is 6.10. The third kappa shape index (κ3) is 1.02. The first-order valence-corrected chi connectivity index (χ1v) is 2.52. The normalized spacial score (nSPS) is 10.0. The number of hydrogen-bond donors (Lipinski definition) is 1. The average Bonchev–Trinajstić information content (AvgIpc) is 2.10. The van der Waals surface area contributed by atoms with Gasteiger partial charge < -0.3 is 9.63 Å². The zero-order valence-electron chi connectivity index (χ0n) is 5.00. The SMILES string of the molecule is Cc1cc(=O)n(CO)o1. The van der Waals surface area contributed by atoms with Crippen molar-refractivity contribution in [2.75, 3.05) is 0 Å². The van der Waals surface area contributed by atoms with E-state index in [2.05, 4.69) is 0 Å². The summed E-state index contributed by atoms with van der Waals surface area (Å²) >= 11 is 0. The highest BCUT2D eigenvalue weighted by atomic mass is 16.5. The van der Waals surface area contributed by atoms with E-state index in [-0.39, 0.29) is 5.56 Å². The maximum atomic E-state index is 10.6. The Morgan fingerprint density at radius 3 is 2.78 bits per heavy atom. The van der Waals surface area contributed by atoms with Crippen molar-refractivity contribution in [1.29, 1.82) is 0 Å². The Kier molecular flexibility index (Phi) is 1.40. The fraction of sp³-hybridized carbons (Fsp3) is 0.400. The van der Waals surface area contributed by atoms with Crippen LogP contribution in [0.25, 0.3) is 0 Å². The minimum atomic E-state index is -0.396. The van der Waals surface area contributed by atoms with Gasteiger partial charge in [0.25, 0.3) is 5.56 Å². The molecular formula is C5H7NO3. The molecule has 0 bridgehead atoms. The van der Waals surface area contributed by atoms with Crippen molar-refractivity contribution in [3.05, 3.63) is 22.2 Å². The monoisotopic (exact) mass is 129 g/mol. The van der Waals surface area contributed by atoms with Crippen LogP contribution in [0, 0.1) is 6.92 Å². The van der Waals surface area contributed by atoms with Gasteiger partial charge >= 0.3 is 0 Å². The lowest BCUT2D eigenvalue weighted by molar-refractivity contribution is 0.0996. The molecular weight excluding hydrogens is 122 g/mol. The highest BCUT2D eigenvalue weighted by Gasteiger charge is 1.97. The van der Waals surface area contributed by atoms with Crippen molar-refractivity contribution in [3.63, 3.8) is 0 Å². The summed E-state index contributed by atoms with van der Waals surface area (Å²) in [6.45, 7) is 1.25. The summed E-state index contributed by atoms with van der Waals surface area (Å²) < 4.78 is 5.59. The van der Waals surface area contributed by atoms with Crippen molar-refractivity contribution in [1.82, 2.24) is 4.74 Å². The first-order valence-electron chi connectivity index (χ1n) is 2.52. The minimum absolute atomic E-state index is 0.310. The highest BCUT2D eigenvalue weighted by molar-refractivity contribution is 4.90. The Morgan fingerprint density at radius 1 is 1.89 bits per heavy atom. The van der Waals surface area contributed by atoms with Gasteiger partial charge in [-0.1, -0.05) is 0 Å². The van der Waals surface area contributed by atoms with Crippen LogP contribution in [-0.2, 0) is 6.73 Å². The van der Waals surface area contributed by atoms with Gasteiger partial charge in [-0.3, -0.25) is 4.79 Å². The molecule has 1 heterocycles. The molecule has 0 atom stereocenters. The molecule has 50 valence electrons. The molecule has 4 heteroatoms. The summed E-state index contributed by atoms with van der Waals surface area (Å²) in [4.78, 5) is 10.6. The topological polar surface area (TPSA) is 55.4 Å². The lowest BCUT2D eigenvalue weighted by Crippen LogP contribution is -2.12. The van der Waals surface area contributed by atoms with Crippen LogP contribution < -0.4 is 5.56 Å². The maximum Gasteiger partial charge on any atom is 0.284 e. The summed E-state index contributed by atoms with van der Waals surface area (Å²) in [6, 6.07) is 1.32. The van der Waals surface area contributed by atoms with Crippen LogP contribution in [-0.4, -0.2) is 9.85 Å². The third-order valence-electron chi connectivity index (χ3n) is 0.955. The van der Waals surface area contributed by atoms with E-state index in [1.54, 1.807) is 6.92 Å². The van der Waals surface area contributed by atoms with Crippen molar-refractivity contribution in [3.8, 4) is 0 Å². The van der Waals surface area contributed by atoms with Gasteiger partial charge in [-0.05, 0) is 6.92 Å². The van der Waals surface area contributed by atoms with Gasteiger partial charge in [0.15, 0.2) is 6.73 Å². The second-order valence-electron chi connectivity index (χ2n) is 1.70. The number of nitrogens with zero attached hydrogens (tertiary/aromatic N) is 1. The van der Waals surface area contributed by atoms with E-state index >= 15 is 0 Å². The highest BCUT2D eigenvalue weighted by Crippen LogP contribution is 1.89. The molecule has 0 amide bonds. The fourth-order valence-corrected chi connectivity index (χ4v) is 0.590.